The van der Waals surface area contributed by atoms with Gasteiger partial charge in [-0.05, 0) is 19.1 Å². The minimum Gasteiger partial charge on any atom is -0.378 e. The summed E-state index contributed by atoms with van der Waals surface area (Å²) in [6, 6.07) is 7.57. The number of likely N-dealkylation sites (N-methyl/N-ethyl adjacent to an activating group) is 1. The molecule has 8 heteroatoms. The molecule has 1 aromatic rings. The summed E-state index contributed by atoms with van der Waals surface area (Å²) in [5, 5.41) is 2.88. The average molecular weight is 360 g/mol. The number of ether oxygens (including phenoxy) is 1. The first-order valence-electron chi connectivity index (χ1n) is 8.90. The third kappa shape index (κ3) is 3.96. The summed E-state index contributed by atoms with van der Waals surface area (Å²) < 4.78 is 5.37. The van der Waals surface area contributed by atoms with Gasteiger partial charge >= 0.3 is 11.8 Å². The number of nitrogens with zero attached hydrogens (tertiary/aromatic N) is 3. The van der Waals surface area contributed by atoms with Crippen molar-refractivity contribution in [2.24, 2.45) is 0 Å². The number of para-hydroxylation sites is 2. The molecule has 0 unspecified atom stereocenters. The van der Waals surface area contributed by atoms with Gasteiger partial charge < -0.3 is 24.8 Å². The van der Waals surface area contributed by atoms with Crippen molar-refractivity contribution >= 4 is 29.1 Å². The van der Waals surface area contributed by atoms with Crippen molar-refractivity contribution in [3.63, 3.8) is 0 Å². The Bertz CT molecular complexity index is 688. The zero-order valence-corrected chi connectivity index (χ0v) is 14.9. The van der Waals surface area contributed by atoms with Crippen molar-refractivity contribution in [2.75, 3.05) is 62.7 Å². The molecule has 3 rings (SSSR count). The number of carbonyl (C=O) groups is 3. The Labute approximate surface area is 152 Å². The molecule has 2 heterocycles. The van der Waals surface area contributed by atoms with Gasteiger partial charge in [-0.25, -0.2) is 0 Å². The topological polar surface area (TPSA) is 82.2 Å². The Kier molecular flexibility index (Phi) is 5.72. The molecule has 1 N–H and O–H groups in total. The summed E-state index contributed by atoms with van der Waals surface area (Å²) in [4.78, 5) is 41.5. The van der Waals surface area contributed by atoms with Crippen molar-refractivity contribution in [1.29, 1.82) is 0 Å². The Morgan fingerprint density at radius 2 is 1.69 bits per heavy atom. The number of hydrogen-bond donors (Lipinski definition) is 1. The van der Waals surface area contributed by atoms with Crippen LogP contribution in [-0.2, 0) is 19.1 Å². The fourth-order valence-electron chi connectivity index (χ4n) is 3.19. The number of hydrogen-bond acceptors (Lipinski definition) is 5. The second-order valence-corrected chi connectivity index (χ2v) is 6.28. The Balaban J connectivity index is 1.64. The molecule has 0 radical (unpaired) electrons. The minimum atomic E-state index is -0.616. The van der Waals surface area contributed by atoms with E-state index in [1.807, 2.05) is 31.2 Å². The zero-order chi connectivity index (χ0) is 18.5. The summed E-state index contributed by atoms with van der Waals surface area (Å²) in [6.07, 6.45) is 0. The highest BCUT2D eigenvalue weighted by Gasteiger charge is 2.32. The van der Waals surface area contributed by atoms with Crippen LogP contribution in [0.4, 0.5) is 11.4 Å². The molecule has 2 fully saturated rings. The number of nitrogens with one attached hydrogen (secondary N) is 1. The van der Waals surface area contributed by atoms with Crippen LogP contribution in [0.15, 0.2) is 24.3 Å². The number of piperazine rings is 1. The minimum absolute atomic E-state index is 0.125. The first-order chi connectivity index (χ1) is 12.6. The SMILES string of the molecule is CCN1CCN(CC(=O)Nc2ccccc2N2CCOCC2)C(=O)C1=O. The normalized spacial score (nSPS) is 18.3. The summed E-state index contributed by atoms with van der Waals surface area (Å²) in [5.41, 5.74) is 1.63. The summed E-state index contributed by atoms with van der Waals surface area (Å²) in [5.74, 6) is -1.47. The van der Waals surface area contributed by atoms with Crippen LogP contribution >= 0.6 is 0 Å². The third-order valence-electron chi connectivity index (χ3n) is 4.64. The molecule has 0 spiro atoms. The second kappa shape index (κ2) is 8.18. The van der Waals surface area contributed by atoms with Crippen LogP contribution in [0.1, 0.15) is 6.92 Å². The molecule has 140 valence electrons. The summed E-state index contributed by atoms with van der Waals surface area (Å²) in [6.45, 7) is 5.86. The van der Waals surface area contributed by atoms with Gasteiger partial charge in [0.15, 0.2) is 0 Å². The van der Waals surface area contributed by atoms with Crippen LogP contribution in [0, 0.1) is 0 Å². The van der Waals surface area contributed by atoms with Gasteiger partial charge in [0, 0.05) is 32.7 Å². The average Bonchev–Trinajstić information content (AvgIpc) is 2.67. The van der Waals surface area contributed by atoms with Crippen molar-refractivity contribution in [3.05, 3.63) is 24.3 Å². The van der Waals surface area contributed by atoms with Gasteiger partial charge in [0.1, 0.15) is 6.54 Å². The molecule has 3 amide bonds. The first kappa shape index (κ1) is 18.2. The number of amides is 3. The molecule has 2 aliphatic heterocycles. The molecule has 0 aliphatic carbocycles. The number of rotatable bonds is 5. The van der Waals surface area contributed by atoms with Crippen molar-refractivity contribution in [1.82, 2.24) is 9.80 Å². The zero-order valence-electron chi connectivity index (χ0n) is 14.9. The smallest absolute Gasteiger partial charge is 0.312 e. The van der Waals surface area contributed by atoms with Gasteiger partial charge in [0.2, 0.25) is 5.91 Å². The maximum absolute atomic E-state index is 12.4. The first-order valence-corrected chi connectivity index (χ1v) is 8.90. The molecule has 2 saturated heterocycles. The number of morpholine rings is 1. The molecule has 0 aromatic heterocycles. The van der Waals surface area contributed by atoms with Gasteiger partial charge in [0.05, 0.1) is 24.6 Å². The highest BCUT2D eigenvalue weighted by atomic mass is 16.5. The molecule has 0 atom stereocenters. The lowest BCUT2D eigenvalue weighted by atomic mass is 10.2. The van der Waals surface area contributed by atoms with Crippen molar-refractivity contribution < 1.29 is 19.1 Å². The van der Waals surface area contributed by atoms with Gasteiger partial charge in [-0.15, -0.1) is 0 Å². The highest BCUT2D eigenvalue weighted by molar-refractivity contribution is 6.35. The lowest BCUT2D eigenvalue weighted by Crippen LogP contribution is -2.55. The Morgan fingerprint density at radius 3 is 2.42 bits per heavy atom. The molecule has 0 bridgehead atoms. The molecule has 1 aromatic carbocycles. The van der Waals surface area contributed by atoms with E-state index in [9.17, 15) is 14.4 Å². The van der Waals surface area contributed by atoms with Crippen LogP contribution in [0.5, 0.6) is 0 Å². The van der Waals surface area contributed by atoms with E-state index in [4.69, 9.17) is 4.74 Å². The molecule has 2 aliphatic rings. The van der Waals surface area contributed by atoms with Crippen LogP contribution in [0.2, 0.25) is 0 Å². The molecular formula is C18H24N4O4. The van der Waals surface area contributed by atoms with E-state index < -0.39 is 11.8 Å². The molecule has 26 heavy (non-hydrogen) atoms. The fourth-order valence-corrected chi connectivity index (χ4v) is 3.19. The fraction of sp³-hybridized carbons (Fsp3) is 0.500. The van der Waals surface area contributed by atoms with Crippen molar-refractivity contribution in [2.45, 2.75) is 6.92 Å². The maximum atomic E-state index is 12.4. The van der Waals surface area contributed by atoms with Gasteiger partial charge in [0.25, 0.3) is 0 Å². The van der Waals surface area contributed by atoms with E-state index >= 15 is 0 Å². The predicted octanol–water partition coefficient (Wildman–Crippen LogP) is 0.152. The maximum Gasteiger partial charge on any atom is 0.312 e. The van der Waals surface area contributed by atoms with Crippen LogP contribution in [0.25, 0.3) is 0 Å². The number of carbonyl (C=O) groups excluding carboxylic acids is 3. The van der Waals surface area contributed by atoms with Crippen LogP contribution in [0.3, 0.4) is 0 Å². The van der Waals surface area contributed by atoms with Gasteiger partial charge in [-0.1, -0.05) is 12.1 Å². The lowest BCUT2D eigenvalue weighted by molar-refractivity contribution is -0.156. The predicted molar refractivity (Wildman–Crippen MR) is 96.9 cm³/mol. The van der Waals surface area contributed by atoms with Gasteiger partial charge in [-0.3, -0.25) is 14.4 Å². The van der Waals surface area contributed by atoms with E-state index in [0.29, 0.717) is 38.5 Å². The summed E-state index contributed by atoms with van der Waals surface area (Å²) >= 11 is 0. The standard InChI is InChI=1S/C18H24N4O4/c1-2-20-7-8-22(18(25)17(20)24)13-16(23)19-14-5-3-4-6-15(14)21-9-11-26-12-10-21/h3-6H,2,7-13H2,1H3,(H,19,23). The molecular weight excluding hydrogens is 336 g/mol. The lowest BCUT2D eigenvalue weighted by Gasteiger charge is -2.33. The second-order valence-electron chi connectivity index (χ2n) is 6.28. The van der Waals surface area contributed by atoms with Crippen molar-refractivity contribution in [3.8, 4) is 0 Å². The monoisotopic (exact) mass is 360 g/mol. The van der Waals surface area contributed by atoms with E-state index in [0.717, 1.165) is 18.8 Å². The van der Waals surface area contributed by atoms with E-state index in [-0.39, 0.29) is 12.5 Å². The number of benzene rings is 1. The molecule has 8 nitrogen and oxygen atoms in total. The van der Waals surface area contributed by atoms with Crippen LogP contribution < -0.4 is 10.2 Å². The van der Waals surface area contributed by atoms with E-state index in [1.165, 1.54) is 9.80 Å². The van der Waals surface area contributed by atoms with Gasteiger partial charge in [-0.2, -0.15) is 0 Å². The summed E-state index contributed by atoms with van der Waals surface area (Å²) in [7, 11) is 0. The van der Waals surface area contributed by atoms with E-state index in [1.54, 1.807) is 0 Å². The molecule has 0 saturated carbocycles. The third-order valence-corrected chi connectivity index (χ3v) is 4.64. The quantitative estimate of drug-likeness (QED) is 0.756. The number of anilines is 2. The highest BCUT2D eigenvalue weighted by Crippen LogP contribution is 2.26. The Hall–Kier alpha value is -2.61. The largest absolute Gasteiger partial charge is 0.378 e. The Morgan fingerprint density at radius 1 is 1.04 bits per heavy atom. The van der Waals surface area contributed by atoms with E-state index in [2.05, 4.69) is 10.2 Å². The van der Waals surface area contributed by atoms with Crippen LogP contribution in [-0.4, -0.2) is 80.0 Å².